The SMILES string of the molecule is COC(=O)N[C@H](C(=O)N1CCC[C@H]1c1ncc(C)[nH]1)[C@@H](C)OC. The van der Waals surface area contributed by atoms with Gasteiger partial charge in [0.15, 0.2) is 0 Å². The highest BCUT2D eigenvalue weighted by molar-refractivity contribution is 5.86. The maximum atomic E-state index is 12.9. The van der Waals surface area contributed by atoms with Crippen LogP contribution in [0.3, 0.4) is 0 Å². The number of imidazole rings is 1. The zero-order valence-electron chi connectivity index (χ0n) is 14.0. The lowest BCUT2D eigenvalue weighted by molar-refractivity contribution is -0.137. The molecular formula is C15H24N4O4. The number of H-pyrrole nitrogens is 1. The predicted octanol–water partition coefficient (Wildman–Crippen LogP) is 1.14. The lowest BCUT2D eigenvalue weighted by Gasteiger charge is -2.30. The van der Waals surface area contributed by atoms with Crippen molar-refractivity contribution < 1.29 is 19.1 Å². The molecule has 3 atom stereocenters. The number of aryl methyl sites for hydroxylation is 1. The van der Waals surface area contributed by atoms with E-state index in [9.17, 15) is 9.59 Å². The van der Waals surface area contributed by atoms with E-state index >= 15 is 0 Å². The summed E-state index contributed by atoms with van der Waals surface area (Å²) in [5.74, 6) is 0.580. The molecule has 0 saturated carbocycles. The van der Waals surface area contributed by atoms with Gasteiger partial charge < -0.3 is 24.7 Å². The summed E-state index contributed by atoms with van der Waals surface area (Å²) in [6.07, 6.45) is 2.35. The molecule has 1 aliphatic rings. The molecule has 23 heavy (non-hydrogen) atoms. The standard InChI is InChI=1S/C15H24N4O4/c1-9-8-16-13(17-9)11-6-5-7-19(11)14(20)12(10(2)22-3)18-15(21)23-4/h8,10-12H,5-7H2,1-4H3,(H,16,17)(H,18,21)/t10-,11+,12+/m1/s1. The first-order chi connectivity index (χ1) is 11.0. The first-order valence-electron chi connectivity index (χ1n) is 7.67. The van der Waals surface area contributed by atoms with Gasteiger partial charge in [0.05, 0.1) is 19.3 Å². The fraction of sp³-hybridized carbons (Fsp3) is 0.667. The van der Waals surface area contributed by atoms with Gasteiger partial charge in [0, 0.05) is 25.5 Å². The summed E-state index contributed by atoms with van der Waals surface area (Å²) in [6.45, 7) is 4.28. The molecule has 8 nitrogen and oxygen atoms in total. The van der Waals surface area contributed by atoms with Gasteiger partial charge in [-0.25, -0.2) is 9.78 Å². The van der Waals surface area contributed by atoms with Crippen molar-refractivity contribution in [2.24, 2.45) is 0 Å². The van der Waals surface area contributed by atoms with Crippen molar-refractivity contribution in [3.63, 3.8) is 0 Å². The molecular weight excluding hydrogens is 300 g/mol. The monoisotopic (exact) mass is 324 g/mol. The Bertz CT molecular complexity index is 559. The Morgan fingerprint density at radius 1 is 1.48 bits per heavy atom. The number of rotatable bonds is 5. The van der Waals surface area contributed by atoms with Gasteiger partial charge in [-0.3, -0.25) is 4.79 Å². The number of likely N-dealkylation sites (tertiary alicyclic amines) is 1. The summed E-state index contributed by atoms with van der Waals surface area (Å²) < 4.78 is 9.85. The second-order valence-corrected chi connectivity index (χ2v) is 5.70. The number of carbonyl (C=O) groups excluding carboxylic acids is 2. The second-order valence-electron chi connectivity index (χ2n) is 5.70. The third-order valence-corrected chi connectivity index (χ3v) is 4.14. The number of nitrogens with zero attached hydrogens (tertiary/aromatic N) is 2. The zero-order chi connectivity index (χ0) is 17.0. The van der Waals surface area contributed by atoms with Crippen LogP contribution in [0.15, 0.2) is 6.20 Å². The minimum Gasteiger partial charge on any atom is -0.453 e. The second kappa shape index (κ2) is 7.45. The molecule has 1 fully saturated rings. The van der Waals surface area contributed by atoms with Gasteiger partial charge in [-0.1, -0.05) is 0 Å². The molecule has 0 aliphatic carbocycles. The Balaban J connectivity index is 2.18. The largest absolute Gasteiger partial charge is 0.453 e. The van der Waals surface area contributed by atoms with Crippen molar-refractivity contribution in [3.05, 3.63) is 17.7 Å². The number of alkyl carbamates (subject to hydrolysis) is 1. The van der Waals surface area contributed by atoms with Crippen LogP contribution in [0.5, 0.6) is 0 Å². The number of carbonyl (C=O) groups is 2. The number of aromatic amines is 1. The van der Waals surface area contributed by atoms with E-state index in [4.69, 9.17) is 4.74 Å². The van der Waals surface area contributed by atoms with Crippen LogP contribution in [-0.4, -0.2) is 59.8 Å². The van der Waals surface area contributed by atoms with Gasteiger partial charge in [0.2, 0.25) is 5.91 Å². The Morgan fingerprint density at radius 3 is 2.78 bits per heavy atom. The van der Waals surface area contributed by atoms with Crippen molar-refractivity contribution in [3.8, 4) is 0 Å². The highest BCUT2D eigenvalue weighted by Crippen LogP contribution is 2.31. The van der Waals surface area contributed by atoms with Crippen LogP contribution < -0.4 is 5.32 Å². The van der Waals surface area contributed by atoms with Gasteiger partial charge in [0.1, 0.15) is 11.9 Å². The van der Waals surface area contributed by atoms with Crippen LogP contribution in [0, 0.1) is 6.92 Å². The minimum atomic E-state index is -0.802. The summed E-state index contributed by atoms with van der Waals surface area (Å²) in [7, 11) is 2.76. The van der Waals surface area contributed by atoms with E-state index in [1.807, 2.05) is 6.92 Å². The highest BCUT2D eigenvalue weighted by atomic mass is 16.5. The molecule has 1 saturated heterocycles. The van der Waals surface area contributed by atoms with E-state index in [1.54, 1.807) is 18.0 Å². The quantitative estimate of drug-likeness (QED) is 0.846. The summed E-state index contributed by atoms with van der Waals surface area (Å²) in [4.78, 5) is 33.7. The molecule has 128 valence electrons. The summed E-state index contributed by atoms with van der Waals surface area (Å²) >= 11 is 0. The topological polar surface area (TPSA) is 96.5 Å². The first kappa shape index (κ1) is 17.3. The molecule has 2 heterocycles. The first-order valence-corrected chi connectivity index (χ1v) is 7.67. The molecule has 0 unspecified atom stereocenters. The Hall–Kier alpha value is -2.09. The van der Waals surface area contributed by atoms with Crippen molar-refractivity contribution in [2.75, 3.05) is 20.8 Å². The number of hydrogen-bond acceptors (Lipinski definition) is 5. The third kappa shape index (κ3) is 3.82. The fourth-order valence-electron chi connectivity index (χ4n) is 2.80. The Kier molecular flexibility index (Phi) is 5.59. The summed E-state index contributed by atoms with van der Waals surface area (Å²) in [5.41, 5.74) is 0.953. The summed E-state index contributed by atoms with van der Waals surface area (Å²) in [5, 5.41) is 2.56. The molecule has 2 rings (SSSR count). The number of methoxy groups -OCH3 is 2. The van der Waals surface area contributed by atoms with Gasteiger partial charge in [0.25, 0.3) is 0 Å². The van der Waals surface area contributed by atoms with Crippen molar-refractivity contribution >= 4 is 12.0 Å². The smallest absolute Gasteiger partial charge is 0.407 e. The molecule has 0 spiro atoms. The van der Waals surface area contributed by atoms with E-state index in [1.165, 1.54) is 14.2 Å². The number of hydrogen-bond donors (Lipinski definition) is 2. The lowest BCUT2D eigenvalue weighted by atomic mass is 10.1. The van der Waals surface area contributed by atoms with Crippen LogP contribution in [0.4, 0.5) is 4.79 Å². The maximum absolute atomic E-state index is 12.9. The average Bonchev–Trinajstić information content (AvgIpc) is 3.19. The van der Waals surface area contributed by atoms with E-state index in [0.717, 1.165) is 24.4 Å². The molecule has 0 bridgehead atoms. The number of nitrogens with one attached hydrogen (secondary N) is 2. The molecule has 8 heteroatoms. The molecule has 1 aliphatic heterocycles. The molecule has 2 amide bonds. The minimum absolute atomic E-state index is 0.109. The molecule has 2 N–H and O–H groups in total. The zero-order valence-corrected chi connectivity index (χ0v) is 14.0. The average molecular weight is 324 g/mol. The molecule has 1 aromatic rings. The number of aromatic nitrogens is 2. The highest BCUT2D eigenvalue weighted by Gasteiger charge is 2.38. The van der Waals surface area contributed by atoms with E-state index in [0.29, 0.717) is 6.54 Å². The van der Waals surface area contributed by atoms with Crippen molar-refractivity contribution in [2.45, 2.75) is 44.9 Å². The van der Waals surface area contributed by atoms with Gasteiger partial charge in [-0.05, 0) is 26.7 Å². The van der Waals surface area contributed by atoms with Crippen LogP contribution in [0.25, 0.3) is 0 Å². The lowest BCUT2D eigenvalue weighted by Crippen LogP contribution is -2.54. The van der Waals surface area contributed by atoms with Gasteiger partial charge in [-0.2, -0.15) is 0 Å². The normalized spacial score (nSPS) is 20.2. The van der Waals surface area contributed by atoms with E-state index in [-0.39, 0.29) is 11.9 Å². The van der Waals surface area contributed by atoms with Crippen LogP contribution in [0.1, 0.15) is 37.3 Å². The Morgan fingerprint density at radius 2 is 2.22 bits per heavy atom. The third-order valence-electron chi connectivity index (χ3n) is 4.14. The maximum Gasteiger partial charge on any atom is 0.407 e. The van der Waals surface area contributed by atoms with Crippen LogP contribution >= 0.6 is 0 Å². The van der Waals surface area contributed by atoms with Gasteiger partial charge in [-0.15, -0.1) is 0 Å². The van der Waals surface area contributed by atoms with Crippen LogP contribution in [-0.2, 0) is 14.3 Å². The Labute approximate surface area is 135 Å². The van der Waals surface area contributed by atoms with Gasteiger partial charge >= 0.3 is 6.09 Å². The van der Waals surface area contributed by atoms with Crippen LogP contribution in [0.2, 0.25) is 0 Å². The molecule has 1 aromatic heterocycles. The van der Waals surface area contributed by atoms with Crippen molar-refractivity contribution in [1.29, 1.82) is 0 Å². The van der Waals surface area contributed by atoms with Crippen molar-refractivity contribution in [1.82, 2.24) is 20.2 Å². The number of ether oxygens (including phenoxy) is 2. The molecule has 0 aromatic carbocycles. The predicted molar refractivity (Wildman–Crippen MR) is 82.8 cm³/mol. The molecule has 0 radical (unpaired) electrons. The van der Waals surface area contributed by atoms with E-state index in [2.05, 4.69) is 20.0 Å². The fourth-order valence-corrected chi connectivity index (χ4v) is 2.80. The number of amides is 2. The summed E-state index contributed by atoms with van der Waals surface area (Å²) in [6, 6.07) is -0.911. The van der Waals surface area contributed by atoms with E-state index < -0.39 is 18.2 Å².